The molecule has 2 saturated heterocycles. The van der Waals surface area contributed by atoms with Gasteiger partial charge < -0.3 is 34.6 Å². The van der Waals surface area contributed by atoms with Crippen molar-refractivity contribution in [3.8, 4) is 29.0 Å². The zero-order valence-electron chi connectivity index (χ0n) is 24.2. The Kier molecular flexibility index (Phi) is 9.00. The zero-order chi connectivity index (χ0) is 29.6. The molecule has 42 heavy (non-hydrogen) atoms. The molecule has 0 bridgehead atoms. The van der Waals surface area contributed by atoms with Crippen LogP contribution in [0.25, 0.3) is 11.3 Å². The molecule has 12 nitrogen and oxygen atoms in total. The zero-order valence-corrected chi connectivity index (χ0v) is 24.2. The van der Waals surface area contributed by atoms with Crippen LogP contribution in [0.3, 0.4) is 0 Å². The normalized spacial score (nSPS) is 16.9. The summed E-state index contributed by atoms with van der Waals surface area (Å²) in [6, 6.07) is 13.3. The van der Waals surface area contributed by atoms with Crippen molar-refractivity contribution >= 4 is 23.4 Å². The summed E-state index contributed by atoms with van der Waals surface area (Å²) < 4.78 is 11.7. The Labute approximate surface area is 245 Å². The molecule has 1 amide bonds. The summed E-state index contributed by atoms with van der Waals surface area (Å²) in [7, 11) is 3.73. The van der Waals surface area contributed by atoms with Crippen LogP contribution in [0.15, 0.2) is 42.6 Å². The van der Waals surface area contributed by atoms with Crippen LogP contribution in [-0.2, 0) is 4.79 Å². The van der Waals surface area contributed by atoms with Gasteiger partial charge in [0.25, 0.3) is 5.91 Å². The number of aliphatic hydroxyl groups excluding tert-OH is 1. The SMILES string of the molecule is COc1nc(Nc2nccc(-c3ccc(OC4CCN(C(=O)C(C)O)CC4)c(C#N)c3)n2)ccc1N1CCN(C)CC1. The second-order valence-corrected chi connectivity index (χ2v) is 10.5. The van der Waals surface area contributed by atoms with Gasteiger partial charge in [0.05, 0.1) is 18.4 Å². The van der Waals surface area contributed by atoms with Crippen LogP contribution in [0.5, 0.6) is 11.6 Å². The number of ether oxygens (including phenoxy) is 2. The minimum absolute atomic E-state index is 0.122. The number of amides is 1. The van der Waals surface area contributed by atoms with Crippen molar-refractivity contribution in [2.75, 3.05) is 63.6 Å². The van der Waals surface area contributed by atoms with E-state index in [2.05, 4.69) is 43.2 Å². The van der Waals surface area contributed by atoms with Crippen LogP contribution < -0.4 is 19.7 Å². The Morgan fingerprint density at radius 3 is 2.55 bits per heavy atom. The highest BCUT2D eigenvalue weighted by atomic mass is 16.5. The number of carbonyl (C=O) groups is 1. The predicted molar refractivity (Wildman–Crippen MR) is 158 cm³/mol. The fraction of sp³-hybridized carbons (Fsp3) is 0.433. The fourth-order valence-electron chi connectivity index (χ4n) is 5.15. The summed E-state index contributed by atoms with van der Waals surface area (Å²) >= 11 is 0. The first kappa shape index (κ1) is 29.0. The standard InChI is InChI=1S/C30H36N8O4/c1-20(39)29(40)38-12-9-23(10-13-38)42-26-6-4-21(18-22(26)19-31)24-8-11-32-30(33-24)35-27-7-5-25(28(34-27)41-3)37-16-14-36(2)15-17-37/h4-8,11,18,20,23,39H,9-10,12-17H2,1-3H3,(H,32,33,34,35). The van der Waals surface area contributed by atoms with Gasteiger partial charge in [-0.2, -0.15) is 10.2 Å². The van der Waals surface area contributed by atoms with Gasteiger partial charge in [-0.3, -0.25) is 4.79 Å². The number of hydrogen-bond donors (Lipinski definition) is 2. The fourth-order valence-corrected chi connectivity index (χ4v) is 5.15. The van der Waals surface area contributed by atoms with Gasteiger partial charge in [-0.15, -0.1) is 0 Å². The van der Waals surface area contributed by atoms with Gasteiger partial charge in [0, 0.05) is 63.9 Å². The maximum atomic E-state index is 12.0. The van der Waals surface area contributed by atoms with Gasteiger partial charge in [-0.25, -0.2) is 9.97 Å². The van der Waals surface area contributed by atoms with Crippen molar-refractivity contribution in [2.24, 2.45) is 0 Å². The third kappa shape index (κ3) is 6.70. The van der Waals surface area contributed by atoms with Crippen molar-refractivity contribution in [3.63, 3.8) is 0 Å². The van der Waals surface area contributed by atoms with E-state index in [0.29, 0.717) is 60.6 Å². The van der Waals surface area contributed by atoms with Crippen molar-refractivity contribution in [1.82, 2.24) is 24.8 Å². The highest BCUT2D eigenvalue weighted by Crippen LogP contribution is 2.31. The number of hydrogen-bond acceptors (Lipinski definition) is 11. The lowest BCUT2D eigenvalue weighted by Gasteiger charge is -2.34. The third-order valence-electron chi connectivity index (χ3n) is 7.57. The Morgan fingerprint density at radius 2 is 1.86 bits per heavy atom. The lowest BCUT2D eigenvalue weighted by molar-refractivity contribution is -0.141. The number of nitriles is 1. The number of benzene rings is 1. The molecule has 1 atom stereocenters. The summed E-state index contributed by atoms with van der Waals surface area (Å²) in [5.74, 6) is 1.68. The van der Waals surface area contributed by atoms with Crippen LogP contribution in [0.2, 0.25) is 0 Å². The Hall–Kier alpha value is -4.47. The maximum absolute atomic E-state index is 12.0. The number of piperazine rings is 1. The number of carbonyl (C=O) groups excluding carboxylic acids is 1. The molecule has 1 aromatic carbocycles. The van der Waals surface area contributed by atoms with Gasteiger partial charge >= 0.3 is 0 Å². The van der Waals surface area contributed by atoms with E-state index in [-0.39, 0.29) is 12.0 Å². The average molecular weight is 573 g/mol. The van der Waals surface area contributed by atoms with Crippen molar-refractivity contribution in [1.29, 1.82) is 5.26 Å². The Balaban J connectivity index is 1.26. The average Bonchev–Trinajstić information content (AvgIpc) is 3.01. The lowest BCUT2D eigenvalue weighted by Crippen LogP contribution is -2.45. The number of aromatic nitrogens is 3. The summed E-state index contributed by atoms with van der Waals surface area (Å²) in [4.78, 5) is 31.9. The van der Waals surface area contributed by atoms with Crippen LogP contribution in [0.4, 0.5) is 17.5 Å². The second-order valence-electron chi connectivity index (χ2n) is 10.5. The molecule has 2 aliphatic rings. The number of methoxy groups -OCH3 is 1. The third-order valence-corrected chi connectivity index (χ3v) is 7.57. The molecule has 1 unspecified atom stereocenters. The van der Waals surface area contributed by atoms with Crippen LogP contribution in [0.1, 0.15) is 25.3 Å². The van der Waals surface area contributed by atoms with E-state index >= 15 is 0 Å². The van der Waals surface area contributed by atoms with E-state index in [1.54, 1.807) is 36.4 Å². The predicted octanol–water partition coefficient (Wildman–Crippen LogP) is 2.66. The molecular weight excluding hydrogens is 536 g/mol. The van der Waals surface area contributed by atoms with E-state index < -0.39 is 6.10 Å². The molecule has 2 fully saturated rings. The number of pyridine rings is 1. The highest BCUT2D eigenvalue weighted by Gasteiger charge is 2.26. The minimum Gasteiger partial charge on any atom is -0.489 e. The first-order valence-electron chi connectivity index (χ1n) is 14.1. The van der Waals surface area contributed by atoms with Crippen LogP contribution in [0, 0.1) is 11.3 Å². The first-order chi connectivity index (χ1) is 20.3. The second kappa shape index (κ2) is 13.0. The quantitative estimate of drug-likeness (QED) is 0.412. The smallest absolute Gasteiger partial charge is 0.251 e. The molecule has 2 aromatic heterocycles. The number of rotatable bonds is 8. The van der Waals surface area contributed by atoms with E-state index in [1.807, 2.05) is 18.2 Å². The van der Waals surface area contributed by atoms with Crippen molar-refractivity contribution in [3.05, 3.63) is 48.2 Å². The molecule has 0 aliphatic carbocycles. The van der Waals surface area contributed by atoms with Crippen LogP contribution in [-0.4, -0.2) is 101 Å². The van der Waals surface area contributed by atoms with Gasteiger partial charge in [0.2, 0.25) is 11.8 Å². The Bertz CT molecular complexity index is 1440. The maximum Gasteiger partial charge on any atom is 0.251 e. The molecule has 0 saturated carbocycles. The van der Waals surface area contributed by atoms with E-state index in [1.165, 1.54) is 6.92 Å². The minimum atomic E-state index is -1.01. The summed E-state index contributed by atoms with van der Waals surface area (Å²) in [5, 5.41) is 22.6. The molecule has 5 rings (SSSR count). The molecule has 4 heterocycles. The topological polar surface area (TPSA) is 140 Å². The number of aliphatic hydroxyl groups is 1. The molecule has 0 spiro atoms. The Morgan fingerprint density at radius 1 is 1.10 bits per heavy atom. The van der Waals surface area contributed by atoms with Crippen molar-refractivity contribution in [2.45, 2.75) is 32.0 Å². The van der Waals surface area contributed by atoms with E-state index in [9.17, 15) is 15.2 Å². The molecule has 12 heteroatoms. The molecule has 220 valence electrons. The molecule has 0 radical (unpaired) electrons. The van der Waals surface area contributed by atoms with Crippen LogP contribution >= 0.6 is 0 Å². The summed E-state index contributed by atoms with van der Waals surface area (Å²) in [6.45, 7) is 6.27. The van der Waals surface area contributed by atoms with E-state index in [0.717, 1.165) is 37.4 Å². The lowest BCUT2D eigenvalue weighted by atomic mass is 10.1. The number of nitrogens with zero attached hydrogens (tertiary/aromatic N) is 7. The van der Waals surface area contributed by atoms with Gasteiger partial charge in [0.1, 0.15) is 35.5 Å². The first-order valence-corrected chi connectivity index (χ1v) is 14.1. The largest absolute Gasteiger partial charge is 0.489 e. The number of likely N-dealkylation sites (tertiary alicyclic amines) is 1. The number of piperidine rings is 1. The van der Waals surface area contributed by atoms with Gasteiger partial charge in [-0.1, -0.05) is 0 Å². The molecular formula is C30H36N8O4. The van der Waals surface area contributed by atoms with Crippen molar-refractivity contribution < 1.29 is 19.4 Å². The number of anilines is 3. The van der Waals surface area contributed by atoms with Gasteiger partial charge in [0.15, 0.2) is 0 Å². The van der Waals surface area contributed by atoms with E-state index in [4.69, 9.17) is 9.47 Å². The highest BCUT2D eigenvalue weighted by molar-refractivity contribution is 5.80. The summed E-state index contributed by atoms with van der Waals surface area (Å²) in [5.41, 5.74) is 2.74. The molecule has 2 N–H and O–H groups in total. The number of likely N-dealkylation sites (N-methyl/N-ethyl adjacent to an activating group) is 1. The van der Waals surface area contributed by atoms with Gasteiger partial charge in [-0.05, 0) is 50.4 Å². The molecule has 2 aliphatic heterocycles. The number of nitrogens with one attached hydrogen (secondary N) is 1. The molecule has 3 aromatic rings. The summed E-state index contributed by atoms with van der Waals surface area (Å²) in [6.07, 6.45) is 1.77. The monoisotopic (exact) mass is 572 g/mol.